The van der Waals surface area contributed by atoms with E-state index in [1.807, 2.05) is 19.9 Å². The van der Waals surface area contributed by atoms with Crippen molar-refractivity contribution in [2.75, 3.05) is 26.8 Å². The first-order valence-electron chi connectivity index (χ1n) is 9.51. The lowest BCUT2D eigenvalue weighted by molar-refractivity contribution is -0.123. The molecule has 2 N–H and O–H groups in total. The Hall–Kier alpha value is -3.62. The van der Waals surface area contributed by atoms with Gasteiger partial charge in [0.2, 0.25) is 5.88 Å². The Morgan fingerprint density at radius 2 is 1.80 bits per heavy atom. The van der Waals surface area contributed by atoms with Gasteiger partial charge >= 0.3 is 0 Å². The lowest BCUT2D eigenvalue weighted by atomic mass is 10.2. The molecule has 2 aromatic heterocycles. The number of nitrogens with zero attached hydrogens (tertiary/aromatic N) is 3. The monoisotopic (exact) mass is 411 g/mol. The SMILES string of the molecule is COc1ccc(C(=O)NCCNC(=O)COc2nn(C)c3nc(C)cc(C)c23)cc1. The zero-order chi connectivity index (χ0) is 21.7. The van der Waals surface area contributed by atoms with E-state index in [-0.39, 0.29) is 25.0 Å². The summed E-state index contributed by atoms with van der Waals surface area (Å²) in [6.07, 6.45) is 0. The number of hydrogen-bond acceptors (Lipinski definition) is 6. The molecule has 0 unspecified atom stereocenters. The predicted octanol–water partition coefficient (Wildman–Crippen LogP) is 1.52. The highest BCUT2D eigenvalue weighted by atomic mass is 16.5. The van der Waals surface area contributed by atoms with Crippen molar-refractivity contribution >= 4 is 22.8 Å². The molecule has 1 aromatic carbocycles. The van der Waals surface area contributed by atoms with Crippen molar-refractivity contribution in [2.45, 2.75) is 13.8 Å². The van der Waals surface area contributed by atoms with Gasteiger partial charge in [0.05, 0.1) is 12.5 Å². The third-order valence-electron chi connectivity index (χ3n) is 4.51. The first-order chi connectivity index (χ1) is 14.4. The second kappa shape index (κ2) is 9.25. The van der Waals surface area contributed by atoms with Gasteiger partial charge in [-0.05, 0) is 49.7 Å². The highest BCUT2D eigenvalue weighted by molar-refractivity contribution is 5.94. The van der Waals surface area contributed by atoms with Crippen LogP contribution in [0.4, 0.5) is 0 Å². The maximum atomic E-state index is 12.1. The van der Waals surface area contributed by atoms with Crippen LogP contribution in [0, 0.1) is 13.8 Å². The second-order valence-corrected chi connectivity index (χ2v) is 6.83. The number of pyridine rings is 1. The van der Waals surface area contributed by atoms with Crippen LogP contribution in [0.1, 0.15) is 21.6 Å². The average molecular weight is 411 g/mol. The number of hydrogen-bond donors (Lipinski definition) is 2. The minimum absolute atomic E-state index is 0.175. The summed E-state index contributed by atoms with van der Waals surface area (Å²) in [5.41, 5.74) is 3.11. The van der Waals surface area contributed by atoms with E-state index >= 15 is 0 Å². The Balaban J connectivity index is 1.45. The maximum Gasteiger partial charge on any atom is 0.258 e. The van der Waals surface area contributed by atoms with Crippen molar-refractivity contribution in [1.82, 2.24) is 25.4 Å². The van der Waals surface area contributed by atoms with Crippen LogP contribution in [0.2, 0.25) is 0 Å². The predicted molar refractivity (Wildman–Crippen MR) is 112 cm³/mol. The molecular formula is C21H25N5O4. The zero-order valence-electron chi connectivity index (χ0n) is 17.5. The Labute approximate surface area is 174 Å². The van der Waals surface area contributed by atoms with Gasteiger partial charge in [0, 0.05) is 31.4 Å². The normalized spacial score (nSPS) is 10.7. The maximum absolute atomic E-state index is 12.1. The van der Waals surface area contributed by atoms with Gasteiger partial charge in [0.1, 0.15) is 5.75 Å². The molecule has 158 valence electrons. The quantitative estimate of drug-likeness (QED) is 0.544. The molecule has 3 rings (SSSR count). The van der Waals surface area contributed by atoms with Gasteiger partial charge in [-0.3, -0.25) is 9.59 Å². The minimum Gasteiger partial charge on any atom is -0.497 e. The second-order valence-electron chi connectivity index (χ2n) is 6.83. The van der Waals surface area contributed by atoms with Gasteiger partial charge in [-0.1, -0.05) is 0 Å². The molecule has 0 bridgehead atoms. The van der Waals surface area contributed by atoms with E-state index in [1.54, 1.807) is 43.1 Å². The Kier molecular flexibility index (Phi) is 6.51. The number of fused-ring (bicyclic) bond motifs is 1. The number of benzene rings is 1. The summed E-state index contributed by atoms with van der Waals surface area (Å²) in [6.45, 7) is 4.28. The molecule has 9 nitrogen and oxygen atoms in total. The van der Waals surface area contributed by atoms with E-state index in [2.05, 4.69) is 20.7 Å². The number of aromatic nitrogens is 3. The Morgan fingerprint density at radius 1 is 1.10 bits per heavy atom. The lowest BCUT2D eigenvalue weighted by Crippen LogP contribution is -2.36. The van der Waals surface area contributed by atoms with Crippen molar-refractivity contribution in [1.29, 1.82) is 0 Å². The van der Waals surface area contributed by atoms with Crippen molar-refractivity contribution < 1.29 is 19.1 Å². The molecule has 0 saturated heterocycles. The minimum atomic E-state index is -0.301. The molecule has 0 fully saturated rings. The van der Waals surface area contributed by atoms with Gasteiger partial charge < -0.3 is 20.1 Å². The van der Waals surface area contributed by atoms with Crippen LogP contribution < -0.4 is 20.1 Å². The Bertz CT molecular complexity index is 1060. The molecular weight excluding hydrogens is 386 g/mol. The smallest absolute Gasteiger partial charge is 0.258 e. The summed E-state index contributed by atoms with van der Waals surface area (Å²) in [7, 11) is 3.35. The first kappa shape index (κ1) is 21.1. The third-order valence-corrected chi connectivity index (χ3v) is 4.51. The molecule has 0 aliphatic rings. The number of rotatable bonds is 8. The van der Waals surface area contributed by atoms with E-state index in [1.165, 1.54) is 0 Å². The molecule has 2 heterocycles. The molecule has 3 aromatic rings. The summed E-state index contributed by atoms with van der Waals surface area (Å²) < 4.78 is 12.3. The van der Waals surface area contributed by atoms with Gasteiger partial charge in [0.15, 0.2) is 12.3 Å². The highest BCUT2D eigenvalue weighted by Gasteiger charge is 2.15. The molecule has 0 atom stereocenters. The highest BCUT2D eigenvalue weighted by Crippen LogP contribution is 2.26. The number of carbonyl (C=O) groups excluding carboxylic acids is 2. The zero-order valence-corrected chi connectivity index (χ0v) is 17.5. The van der Waals surface area contributed by atoms with E-state index in [0.29, 0.717) is 29.4 Å². The van der Waals surface area contributed by atoms with Crippen LogP contribution in [0.3, 0.4) is 0 Å². The van der Waals surface area contributed by atoms with Gasteiger partial charge in [0.25, 0.3) is 11.8 Å². The van der Waals surface area contributed by atoms with Crippen molar-refractivity contribution in [3.05, 3.63) is 47.2 Å². The topological polar surface area (TPSA) is 107 Å². The van der Waals surface area contributed by atoms with Gasteiger partial charge in [-0.25, -0.2) is 9.67 Å². The fourth-order valence-corrected chi connectivity index (χ4v) is 3.06. The molecule has 0 spiro atoms. The largest absolute Gasteiger partial charge is 0.497 e. The van der Waals surface area contributed by atoms with E-state index in [0.717, 1.165) is 16.6 Å². The number of aryl methyl sites for hydroxylation is 3. The van der Waals surface area contributed by atoms with Crippen LogP contribution in [-0.2, 0) is 11.8 Å². The molecule has 0 aliphatic heterocycles. The third kappa shape index (κ3) is 4.86. The number of ether oxygens (including phenoxy) is 2. The summed E-state index contributed by atoms with van der Waals surface area (Å²) in [5, 5.41) is 10.6. The van der Waals surface area contributed by atoms with Crippen molar-refractivity contribution in [2.24, 2.45) is 7.05 Å². The van der Waals surface area contributed by atoms with E-state index < -0.39 is 0 Å². The number of amides is 2. The Morgan fingerprint density at radius 3 is 2.50 bits per heavy atom. The van der Waals surface area contributed by atoms with Crippen LogP contribution in [0.15, 0.2) is 30.3 Å². The fourth-order valence-electron chi connectivity index (χ4n) is 3.06. The molecule has 0 saturated carbocycles. The summed E-state index contributed by atoms with van der Waals surface area (Å²) in [4.78, 5) is 28.6. The van der Waals surface area contributed by atoms with Gasteiger partial charge in [-0.15, -0.1) is 5.10 Å². The van der Waals surface area contributed by atoms with Gasteiger partial charge in [-0.2, -0.15) is 0 Å². The molecule has 0 aliphatic carbocycles. The van der Waals surface area contributed by atoms with Crippen molar-refractivity contribution in [3.8, 4) is 11.6 Å². The van der Waals surface area contributed by atoms with E-state index in [4.69, 9.17) is 9.47 Å². The van der Waals surface area contributed by atoms with Crippen LogP contribution >= 0.6 is 0 Å². The molecule has 30 heavy (non-hydrogen) atoms. The van der Waals surface area contributed by atoms with Crippen LogP contribution in [0.25, 0.3) is 11.0 Å². The summed E-state index contributed by atoms with van der Waals surface area (Å²) >= 11 is 0. The number of methoxy groups -OCH3 is 1. The van der Waals surface area contributed by atoms with Crippen LogP contribution in [0.5, 0.6) is 11.6 Å². The summed E-state index contributed by atoms with van der Waals surface area (Å²) in [6, 6.07) is 8.73. The molecule has 0 radical (unpaired) electrons. The first-order valence-corrected chi connectivity index (χ1v) is 9.51. The number of carbonyl (C=O) groups is 2. The standard InChI is InChI=1S/C21H25N5O4/c1-13-11-14(2)24-19-18(13)21(25-26(19)3)30-12-17(27)22-9-10-23-20(28)15-5-7-16(29-4)8-6-15/h5-8,11H,9-10,12H2,1-4H3,(H,22,27)(H,23,28). The lowest BCUT2D eigenvalue weighted by Gasteiger charge is -2.08. The van der Waals surface area contributed by atoms with Crippen LogP contribution in [-0.4, -0.2) is 53.4 Å². The fraction of sp³-hybridized carbons (Fsp3) is 0.333. The average Bonchev–Trinajstić information content (AvgIpc) is 3.05. The molecule has 9 heteroatoms. The van der Waals surface area contributed by atoms with Crippen molar-refractivity contribution in [3.63, 3.8) is 0 Å². The van der Waals surface area contributed by atoms with E-state index in [9.17, 15) is 9.59 Å². The number of nitrogens with one attached hydrogen (secondary N) is 2. The summed E-state index contributed by atoms with van der Waals surface area (Å²) in [5.74, 6) is 0.535. The molecule has 2 amide bonds.